The number of pyridine rings is 1. The second-order valence-corrected chi connectivity index (χ2v) is 7.09. The summed E-state index contributed by atoms with van der Waals surface area (Å²) in [5.74, 6) is 1.53. The van der Waals surface area contributed by atoms with Gasteiger partial charge < -0.3 is 16.2 Å². The summed E-state index contributed by atoms with van der Waals surface area (Å²) in [5, 5.41) is 7.87. The summed E-state index contributed by atoms with van der Waals surface area (Å²) in [4.78, 5) is 4.78. The van der Waals surface area contributed by atoms with Crippen LogP contribution in [0.15, 0.2) is 36.4 Å². The number of aromatic amines is 1. The normalized spacial score (nSPS) is 11.1. The summed E-state index contributed by atoms with van der Waals surface area (Å²) in [7, 11) is 1.65. The number of rotatable bonds is 3. The van der Waals surface area contributed by atoms with Gasteiger partial charge in [0, 0.05) is 11.1 Å². The molecule has 0 amide bonds. The molecule has 2 aromatic carbocycles. The highest BCUT2D eigenvalue weighted by Crippen LogP contribution is 2.43. The predicted molar refractivity (Wildman–Crippen MR) is 114 cm³/mol. The SMILES string of the molecule is COc1cccc(-c2c(-c3c(C)cc(C)cc3C)nc(N)c3[nH]nc(N)c23)c1. The van der Waals surface area contributed by atoms with E-state index in [9.17, 15) is 0 Å². The first-order valence-corrected chi connectivity index (χ1v) is 9.06. The number of hydrogen-bond acceptors (Lipinski definition) is 5. The molecule has 0 radical (unpaired) electrons. The van der Waals surface area contributed by atoms with Gasteiger partial charge in [-0.15, -0.1) is 0 Å². The Balaban J connectivity index is 2.17. The monoisotopic (exact) mass is 373 g/mol. The lowest BCUT2D eigenvalue weighted by Gasteiger charge is -2.17. The van der Waals surface area contributed by atoms with Gasteiger partial charge in [-0.05, 0) is 49.6 Å². The molecule has 4 aromatic rings. The number of ether oxygens (including phenoxy) is 1. The minimum absolute atomic E-state index is 0.375. The standard InChI is InChI=1S/C22H23N5O/c1-11-8-12(2)16(13(3)9-11)19-17(14-6-5-7-15(10-14)28-4)18-20(22(24)25-19)26-27-21(18)23/h5-10H,1-4H3,(H2,24,25)(H3,23,26,27). The summed E-state index contributed by atoms with van der Waals surface area (Å²) in [5.41, 5.74) is 20.3. The first kappa shape index (κ1) is 17.9. The summed E-state index contributed by atoms with van der Waals surface area (Å²) in [6.07, 6.45) is 0. The number of anilines is 2. The number of nitrogen functional groups attached to an aromatic ring is 2. The van der Waals surface area contributed by atoms with Crippen LogP contribution in [0.4, 0.5) is 11.6 Å². The van der Waals surface area contributed by atoms with Gasteiger partial charge in [0.05, 0.1) is 18.2 Å². The van der Waals surface area contributed by atoms with Gasteiger partial charge in [0.15, 0.2) is 5.82 Å². The molecular weight excluding hydrogens is 350 g/mol. The molecule has 142 valence electrons. The Kier molecular flexibility index (Phi) is 4.19. The second kappa shape index (κ2) is 6.56. The number of fused-ring (bicyclic) bond motifs is 1. The molecule has 6 heteroatoms. The van der Waals surface area contributed by atoms with E-state index in [2.05, 4.69) is 43.1 Å². The van der Waals surface area contributed by atoms with Gasteiger partial charge in [-0.3, -0.25) is 5.10 Å². The molecular formula is C22H23N5O. The third kappa shape index (κ3) is 2.74. The van der Waals surface area contributed by atoms with E-state index in [1.807, 2.05) is 24.3 Å². The van der Waals surface area contributed by atoms with Crippen molar-refractivity contribution >= 4 is 22.5 Å². The Bertz CT molecular complexity index is 1190. The average molecular weight is 373 g/mol. The number of benzene rings is 2. The number of nitrogens with one attached hydrogen (secondary N) is 1. The fourth-order valence-electron chi connectivity index (χ4n) is 3.94. The number of hydrogen-bond donors (Lipinski definition) is 3. The highest BCUT2D eigenvalue weighted by molar-refractivity contribution is 6.10. The first-order valence-electron chi connectivity index (χ1n) is 9.06. The Morgan fingerprint density at radius 2 is 1.64 bits per heavy atom. The van der Waals surface area contributed by atoms with Crippen molar-refractivity contribution in [1.29, 1.82) is 0 Å². The highest BCUT2D eigenvalue weighted by Gasteiger charge is 2.22. The molecule has 0 fully saturated rings. The van der Waals surface area contributed by atoms with Crippen LogP contribution < -0.4 is 16.2 Å². The summed E-state index contributed by atoms with van der Waals surface area (Å²) >= 11 is 0. The lowest BCUT2D eigenvalue weighted by atomic mass is 9.90. The molecule has 28 heavy (non-hydrogen) atoms. The molecule has 0 saturated heterocycles. The van der Waals surface area contributed by atoms with Crippen molar-refractivity contribution in [2.75, 3.05) is 18.6 Å². The number of aromatic nitrogens is 3. The molecule has 0 saturated carbocycles. The van der Waals surface area contributed by atoms with Gasteiger partial charge in [0.2, 0.25) is 0 Å². The van der Waals surface area contributed by atoms with Crippen molar-refractivity contribution in [2.24, 2.45) is 0 Å². The summed E-state index contributed by atoms with van der Waals surface area (Å²) in [6.45, 7) is 6.27. The fourth-order valence-corrected chi connectivity index (χ4v) is 3.94. The van der Waals surface area contributed by atoms with E-state index in [4.69, 9.17) is 21.2 Å². The Hall–Kier alpha value is -3.54. The molecule has 0 atom stereocenters. The lowest BCUT2D eigenvalue weighted by molar-refractivity contribution is 0.415. The predicted octanol–water partition coefficient (Wildman–Crippen LogP) is 4.39. The minimum Gasteiger partial charge on any atom is -0.497 e. The van der Waals surface area contributed by atoms with E-state index in [-0.39, 0.29) is 0 Å². The molecule has 2 aromatic heterocycles. The van der Waals surface area contributed by atoms with E-state index >= 15 is 0 Å². The lowest BCUT2D eigenvalue weighted by Crippen LogP contribution is -2.01. The molecule has 4 rings (SSSR count). The van der Waals surface area contributed by atoms with Crippen molar-refractivity contribution in [3.05, 3.63) is 53.1 Å². The Morgan fingerprint density at radius 1 is 0.929 bits per heavy atom. The summed E-state index contributed by atoms with van der Waals surface area (Å²) in [6, 6.07) is 12.2. The van der Waals surface area contributed by atoms with Gasteiger partial charge in [0.1, 0.15) is 17.1 Å². The fraction of sp³-hybridized carbons (Fsp3) is 0.182. The molecule has 0 spiro atoms. The van der Waals surface area contributed by atoms with Gasteiger partial charge >= 0.3 is 0 Å². The second-order valence-electron chi connectivity index (χ2n) is 7.09. The zero-order chi connectivity index (χ0) is 20.0. The van der Waals surface area contributed by atoms with Gasteiger partial charge in [0.25, 0.3) is 0 Å². The van der Waals surface area contributed by atoms with Crippen LogP contribution in [0.3, 0.4) is 0 Å². The largest absolute Gasteiger partial charge is 0.497 e. The van der Waals surface area contributed by atoms with Crippen molar-refractivity contribution in [2.45, 2.75) is 20.8 Å². The third-order valence-electron chi connectivity index (χ3n) is 5.04. The average Bonchev–Trinajstić information content (AvgIpc) is 3.03. The van der Waals surface area contributed by atoms with Crippen molar-refractivity contribution in [3.63, 3.8) is 0 Å². The van der Waals surface area contributed by atoms with Crippen LogP contribution in [0.5, 0.6) is 5.75 Å². The van der Waals surface area contributed by atoms with Crippen LogP contribution in [0.1, 0.15) is 16.7 Å². The maximum absolute atomic E-state index is 6.28. The molecule has 0 bridgehead atoms. The number of aryl methyl sites for hydroxylation is 3. The first-order chi connectivity index (χ1) is 13.4. The molecule has 0 aliphatic carbocycles. The summed E-state index contributed by atoms with van der Waals surface area (Å²) < 4.78 is 5.43. The van der Waals surface area contributed by atoms with E-state index in [1.165, 1.54) is 5.56 Å². The van der Waals surface area contributed by atoms with Crippen LogP contribution >= 0.6 is 0 Å². The molecule has 6 nitrogen and oxygen atoms in total. The zero-order valence-electron chi connectivity index (χ0n) is 16.4. The van der Waals surface area contributed by atoms with Crippen molar-refractivity contribution < 1.29 is 4.74 Å². The zero-order valence-corrected chi connectivity index (χ0v) is 16.4. The Labute approximate surface area is 163 Å². The van der Waals surface area contributed by atoms with Gasteiger partial charge in [-0.2, -0.15) is 5.10 Å². The van der Waals surface area contributed by atoms with E-state index in [1.54, 1.807) is 7.11 Å². The minimum atomic E-state index is 0.375. The third-order valence-corrected chi connectivity index (χ3v) is 5.04. The van der Waals surface area contributed by atoms with Crippen LogP contribution in [0.25, 0.3) is 33.3 Å². The van der Waals surface area contributed by atoms with E-state index in [0.29, 0.717) is 17.2 Å². The number of H-pyrrole nitrogens is 1. The molecule has 5 N–H and O–H groups in total. The number of nitrogens with two attached hydrogens (primary N) is 2. The quantitative estimate of drug-likeness (QED) is 0.494. The maximum Gasteiger partial charge on any atom is 0.153 e. The van der Waals surface area contributed by atoms with E-state index < -0.39 is 0 Å². The van der Waals surface area contributed by atoms with Gasteiger partial charge in [-0.25, -0.2) is 4.98 Å². The molecule has 0 unspecified atom stereocenters. The molecule has 0 aliphatic rings. The van der Waals surface area contributed by atoms with Crippen LogP contribution in [0, 0.1) is 20.8 Å². The topological polar surface area (TPSA) is 103 Å². The van der Waals surface area contributed by atoms with Crippen LogP contribution in [0.2, 0.25) is 0 Å². The Morgan fingerprint density at radius 3 is 2.32 bits per heavy atom. The van der Waals surface area contributed by atoms with Crippen LogP contribution in [-0.2, 0) is 0 Å². The van der Waals surface area contributed by atoms with E-state index in [0.717, 1.165) is 44.6 Å². The molecule has 2 heterocycles. The maximum atomic E-state index is 6.28. The number of methoxy groups -OCH3 is 1. The number of nitrogens with zero attached hydrogens (tertiary/aromatic N) is 2. The van der Waals surface area contributed by atoms with Crippen molar-refractivity contribution in [1.82, 2.24) is 15.2 Å². The smallest absolute Gasteiger partial charge is 0.153 e. The van der Waals surface area contributed by atoms with Gasteiger partial charge in [-0.1, -0.05) is 29.8 Å². The van der Waals surface area contributed by atoms with Crippen molar-refractivity contribution in [3.8, 4) is 28.1 Å². The van der Waals surface area contributed by atoms with Crippen LogP contribution in [-0.4, -0.2) is 22.3 Å². The highest BCUT2D eigenvalue weighted by atomic mass is 16.5. The molecule has 0 aliphatic heterocycles.